The minimum atomic E-state index is 0. The van der Waals surface area contributed by atoms with E-state index in [0.717, 1.165) is 0 Å². The molecule has 2 heteroatoms. The van der Waals surface area contributed by atoms with Crippen LogP contribution in [0.3, 0.4) is 0 Å². The zero-order valence-corrected chi connectivity index (χ0v) is 6.99. The van der Waals surface area contributed by atoms with Crippen LogP contribution in [-0.2, 0) is 32.7 Å². The molecular formula is C4H14BY-. The van der Waals surface area contributed by atoms with Gasteiger partial charge < -0.3 is 7.43 Å². The first-order valence-electron chi connectivity index (χ1n) is 1.73. The standard InChI is InChI=1S/C2H7B.CH4.CH3.Y/c1-3-2;;;/h3H,1-2H3;1H4;1H3;/q;;-1;/i3D;;;. The van der Waals surface area contributed by atoms with Crippen molar-refractivity contribution < 1.29 is 32.7 Å². The van der Waals surface area contributed by atoms with Crippen molar-refractivity contribution in [3.63, 3.8) is 0 Å². The average Bonchev–Trinajstić information content (AvgIpc) is 0.811. The first-order chi connectivity index (χ1) is 1.73. The first-order valence-corrected chi connectivity index (χ1v) is 1.15. The predicted molar refractivity (Wildman–Crippen MR) is 32.0 cm³/mol. The zero-order valence-electron chi connectivity index (χ0n) is 5.15. The van der Waals surface area contributed by atoms with Crippen molar-refractivity contribution in [2.45, 2.75) is 21.1 Å². The third-order valence-electron chi connectivity index (χ3n) is 0. The van der Waals surface area contributed by atoms with E-state index in [1.807, 2.05) is 13.6 Å². The van der Waals surface area contributed by atoms with Crippen LogP contribution in [-0.4, -0.2) is 8.58 Å². The van der Waals surface area contributed by atoms with Gasteiger partial charge in [-0.3, -0.25) is 0 Å². The molecule has 0 N–H and O–H groups in total. The van der Waals surface area contributed by atoms with E-state index in [1.165, 1.54) is 0 Å². The van der Waals surface area contributed by atoms with Crippen LogP contribution in [0, 0.1) is 7.43 Å². The van der Waals surface area contributed by atoms with Gasteiger partial charge in [-0.05, 0) is 1.34 Å². The molecule has 1 radical (unpaired) electrons. The summed E-state index contributed by atoms with van der Waals surface area (Å²) < 4.78 is 6.58. The maximum absolute atomic E-state index is 6.58. The zero-order chi connectivity index (χ0) is 3.58. The van der Waals surface area contributed by atoms with Gasteiger partial charge in [0.05, 0.1) is 0 Å². The first kappa shape index (κ1) is 15.7. The van der Waals surface area contributed by atoms with E-state index in [4.69, 9.17) is 1.34 Å². The Morgan fingerprint density at radius 2 is 1.50 bits per heavy atom. The summed E-state index contributed by atoms with van der Waals surface area (Å²) in [4.78, 5) is 0. The van der Waals surface area contributed by atoms with Gasteiger partial charge in [0.25, 0.3) is 0 Å². The Kier molecular flexibility index (Phi) is 91.7. The van der Waals surface area contributed by atoms with Gasteiger partial charge >= 0.3 is 0 Å². The Balaban J connectivity index is -0.0000000150. The van der Waals surface area contributed by atoms with Gasteiger partial charge in [0.1, 0.15) is 7.24 Å². The molecule has 0 saturated carbocycles. The van der Waals surface area contributed by atoms with Crippen LogP contribution < -0.4 is 0 Å². The average molecular weight is 163 g/mol. The van der Waals surface area contributed by atoms with Crippen molar-refractivity contribution in [1.29, 1.82) is 1.34 Å². The molecule has 0 rings (SSSR count). The topological polar surface area (TPSA) is 0 Å². The second-order valence-corrected chi connectivity index (χ2v) is 0.577. The third kappa shape index (κ3) is 65.8. The molecule has 37 valence electrons. The second kappa shape index (κ2) is 35.0. The molecular weight excluding hydrogens is 148 g/mol. The van der Waals surface area contributed by atoms with Crippen LogP contribution in [0.4, 0.5) is 0 Å². The van der Waals surface area contributed by atoms with Crippen molar-refractivity contribution in [2.75, 3.05) is 0 Å². The Morgan fingerprint density at radius 1 is 1.50 bits per heavy atom. The largest absolute Gasteiger partial charge is 0.358 e. The molecule has 0 saturated heterocycles. The summed E-state index contributed by atoms with van der Waals surface area (Å²) in [5.74, 6) is 0. The molecule has 0 aromatic heterocycles. The molecule has 0 aliphatic rings. The summed E-state index contributed by atoms with van der Waals surface area (Å²) in [7, 11) is 0.0833. The predicted octanol–water partition coefficient (Wildman–Crippen LogP) is 1.60. The Morgan fingerprint density at radius 3 is 1.50 bits per heavy atom. The summed E-state index contributed by atoms with van der Waals surface area (Å²) in [6.45, 7) is 3.67. The summed E-state index contributed by atoms with van der Waals surface area (Å²) in [5.41, 5.74) is 0. The molecule has 0 aliphatic carbocycles. The minimum absolute atomic E-state index is 0. The summed E-state index contributed by atoms with van der Waals surface area (Å²) in [6.07, 6.45) is 0. The van der Waals surface area contributed by atoms with Crippen molar-refractivity contribution in [3.8, 4) is 0 Å². The van der Waals surface area contributed by atoms with E-state index < -0.39 is 0 Å². The van der Waals surface area contributed by atoms with E-state index in [9.17, 15) is 0 Å². The van der Waals surface area contributed by atoms with Crippen LogP contribution >= 0.6 is 0 Å². The SMILES string of the molecule is C.[2H]B(C)C.[CH3-].[Y]. The molecule has 0 amide bonds. The smallest absolute Gasteiger partial charge is 0.114 e. The monoisotopic (exact) mass is 163 g/mol. The molecule has 0 atom stereocenters. The van der Waals surface area contributed by atoms with Gasteiger partial charge in [-0.2, -0.15) is 0 Å². The summed E-state index contributed by atoms with van der Waals surface area (Å²) in [6, 6.07) is 0. The fraction of sp³-hybridized carbons (Fsp3) is 0.750. The van der Waals surface area contributed by atoms with E-state index in [-0.39, 0.29) is 54.8 Å². The quantitative estimate of drug-likeness (QED) is 0.375. The van der Waals surface area contributed by atoms with Crippen LogP contribution in [0.15, 0.2) is 0 Å². The van der Waals surface area contributed by atoms with Gasteiger partial charge in [-0.25, -0.2) is 0 Å². The van der Waals surface area contributed by atoms with Crippen LogP contribution in [0.5, 0.6) is 0 Å². The van der Waals surface area contributed by atoms with Gasteiger partial charge in [-0.15, -0.1) is 0 Å². The van der Waals surface area contributed by atoms with E-state index in [1.54, 1.807) is 0 Å². The van der Waals surface area contributed by atoms with Crippen molar-refractivity contribution in [3.05, 3.63) is 7.43 Å². The molecule has 0 bridgehead atoms. The molecule has 0 aromatic rings. The van der Waals surface area contributed by atoms with Gasteiger partial charge in [0, 0.05) is 32.7 Å². The normalized spacial score (nSPS) is 4.67. The van der Waals surface area contributed by atoms with Crippen LogP contribution in [0.25, 0.3) is 0 Å². The molecule has 0 heterocycles. The Bertz CT molecular complexity index is 16.4. The maximum atomic E-state index is 6.58. The van der Waals surface area contributed by atoms with E-state index >= 15 is 0 Å². The number of hydrogen-bond donors (Lipinski definition) is 0. The van der Waals surface area contributed by atoms with Crippen molar-refractivity contribution in [2.24, 2.45) is 0 Å². The molecule has 0 unspecified atom stereocenters. The molecule has 0 fully saturated rings. The van der Waals surface area contributed by atoms with Crippen molar-refractivity contribution in [1.82, 2.24) is 0 Å². The summed E-state index contributed by atoms with van der Waals surface area (Å²) >= 11 is 0. The Hall–Kier alpha value is 1.17. The van der Waals surface area contributed by atoms with E-state index in [0.29, 0.717) is 0 Å². The van der Waals surface area contributed by atoms with Crippen LogP contribution in [0.2, 0.25) is 13.6 Å². The van der Waals surface area contributed by atoms with Crippen LogP contribution in [0.1, 0.15) is 7.43 Å². The molecule has 0 spiro atoms. The van der Waals surface area contributed by atoms with Crippen molar-refractivity contribution >= 4 is 7.24 Å². The third-order valence-corrected chi connectivity index (χ3v) is 0. The second-order valence-electron chi connectivity index (χ2n) is 0.577. The Labute approximate surface area is 69.6 Å². The van der Waals surface area contributed by atoms with Gasteiger partial charge in [-0.1, -0.05) is 21.1 Å². The minimum Gasteiger partial charge on any atom is -0.358 e. The molecule has 0 aromatic carbocycles. The molecule has 6 heavy (non-hydrogen) atoms. The summed E-state index contributed by atoms with van der Waals surface area (Å²) in [5, 5.41) is 0. The van der Waals surface area contributed by atoms with E-state index in [2.05, 4.69) is 0 Å². The van der Waals surface area contributed by atoms with Gasteiger partial charge in [0.2, 0.25) is 0 Å². The fourth-order valence-electron chi connectivity index (χ4n) is 0. The maximum Gasteiger partial charge on any atom is 0.114 e. The van der Waals surface area contributed by atoms with Gasteiger partial charge in [0.15, 0.2) is 0 Å². The number of rotatable bonds is 0. The fourth-order valence-corrected chi connectivity index (χ4v) is 0. The molecule has 0 aliphatic heterocycles. The molecule has 0 nitrogen and oxygen atoms in total. The number of hydrogen-bond acceptors (Lipinski definition) is 0.